The number of β-lactam (4-membered cyclic amide) rings is 1. The number of halogens is 3. The molecule has 0 bridgehead atoms. The summed E-state index contributed by atoms with van der Waals surface area (Å²) in [7, 11) is 0. The number of anilines is 1. The van der Waals surface area contributed by atoms with E-state index in [2.05, 4.69) is 20.3 Å². The molecule has 7 nitrogen and oxygen atoms in total. The van der Waals surface area contributed by atoms with Crippen LogP contribution in [0.4, 0.5) is 14.5 Å². The molecule has 2 aliphatic carbocycles. The number of hydrogen-bond acceptors (Lipinski definition) is 4. The maximum absolute atomic E-state index is 16.1. The number of amides is 1. The van der Waals surface area contributed by atoms with Gasteiger partial charge in [-0.15, -0.1) is 5.10 Å². The van der Waals surface area contributed by atoms with Crippen LogP contribution in [0.1, 0.15) is 67.8 Å². The van der Waals surface area contributed by atoms with Gasteiger partial charge in [-0.25, -0.2) is 18.4 Å². The van der Waals surface area contributed by atoms with Crippen molar-refractivity contribution in [3.63, 3.8) is 0 Å². The fraction of sp³-hybridized carbons (Fsp3) is 0.407. The van der Waals surface area contributed by atoms with Crippen LogP contribution in [0.5, 0.6) is 0 Å². The standard InChI is InChI=1S/C27H25F2IN6O/c1-2-27(29,30)22-12-35(34-33-22)17-9-18(14-3-4-14)24(19(28)10-17)25-23(15-5-6-15)26(37)36(25)16-7-8-20-21(11-16)32-13-31-20/h7-15,23,25H,2-6H2,1H3,(H,31,32)/t23-,25-,27?/m1/s1. The highest BCUT2D eigenvalue weighted by Gasteiger charge is 2.57. The molecule has 1 unspecified atom stereocenters. The minimum atomic E-state index is -1.63. The van der Waals surface area contributed by atoms with E-state index >= 15 is 4.39 Å². The number of fused-ring (bicyclic) bond motifs is 1. The molecule has 1 aliphatic heterocycles. The minimum Gasteiger partial charge on any atom is -0.345 e. The minimum absolute atomic E-state index is 0.0541. The summed E-state index contributed by atoms with van der Waals surface area (Å²) in [5.74, 6) is 0.00976. The number of aromatic nitrogens is 5. The largest absolute Gasteiger partial charge is 0.345 e. The lowest BCUT2D eigenvalue weighted by Crippen LogP contribution is -2.56. The van der Waals surface area contributed by atoms with Gasteiger partial charge in [0.1, 0.15) is 11.5 Å². The van der Waals surface area contributed by atoms with Gasteiger partial charge in [-0.05, 0) is 102 Å². The number of alkyl halides is 2. The van der Waals surface area contributed by atoms with Crippen molar-refractivity contribution in [3.05, 3.63) is 65.5 Å². The van der Waals surface area contributed by atoms with E-state index in [9.17, 15) is 9.18 Å². The van der Waals surface area contributed by atoms with Gasteiger partial charge >= 0.3 is 0 Å². The Morgan fingerprint density at radius 2 is 1.97 bits per heavy atom. The predicted octanol–water partition coefficient (Wildman–Crippen LogP) is 6.24. The molecule has 4 aromatic rings. The topological polar surface area (TPSA) is 79.7 Å². The lowest BCUT2D eigenvalue weighted by molar-refractivity contribution is -0.131. The second-order valence-corrected chi connectivity index (χ2v) is 12.1. The van der Waals surface area contributed by atoms with Gasteiger partial charge in [-0.2, -0.15) is 0 Å². The molecule has 3 aliphatic rings. The van der Waals surface area contributed by atoms with Crippen molar-refractivity contribution in [2.75, 3.05) is 4.90 Å². The van der Waals surface area contributed by atoms with E-state index < -0.39 is 3.68 Å². The Balaban J connectivity index is 1.32. The molecular formula is C27H25F2IN6O. The van der Waals surface area contributed by atoms with Crippen LogP contribution in [0, 0.1) is 17.7 Å². The monoisotopic (exact) mass is 614 g/mol. The van der Waals surface area contributed by atoms with Gasteiger partial charge in [-0.3, -0.25) is 4.79 Å². The molecule has 2 aromatic heterocycles. The number of carbonyl (C=O) groups excluding carboxylic acids is 1. The maximum atomic E-state index is 16.1. The number of imidazole rings is 1. The third kappa shape index (κ3) is 3.78. The van der Waals surface area contributed by atoms with E-state index in [1.807, 2.05) is 24.3 Å². The molecular weight excluding hydrogens is 589 g/mol. The summed E-state index contributed by atoms with van der Waals surface area (Å²) in [4.78, 5) is 22.6. The number of benzene rings is 2. The number of rotatable bonds is 7. The first kappa shape index (κ1) is 23.2. The van der Waals surface area contributed by atoms with Gasteiger partial charge in [0.25, 0.3) is 0 Å². The lowest BCUT2D eigenvalue weighted by Gasteiger charge is -2.48. The van der Waals surface area contributed by atoms with Gasteiger partial charge in [0.15, 0.2) is 0 Å². The Hall–Kier alpha value is -2.89. The molecule has 1 saturated heterocycles. The number of carbonyl (C=O) groups is 1. The zero-order valence-electron chi connectivity index (χ0n) is 20.2. The number of nitrogens with one attached hydrogen (secondary N) is 1. The van der Waals surface area contributed by atoms with Crippen molar-refractivity contribution in [1.29, 1.82) is 0 Å². The molecule has 1 N–H and O–H groups in total. The molecule has 10 heteroatoms. The highest BCUT2D eigenvalue weighted by molar-refractivity contribution is 14.1. The average Bonchev–Trinajstić information content (AvgIpc) is 3.80. The van der Waals surface area contributed by atoms with E-state index in [1.54, 1.807) is 40.7 Å². The summed E-state index contributed by atoms with van der Waals surface area (Å²) in [6, 6.07) is 8.73. The lowest BCUT2D eigenvalue weighted by atomic mass is 9.76. The fourth-order valence-electron chi connectivity index (χ4n) is 5.64. The summed E-state index contributed by atoms with van der Waals surface area (Å²) >= 11 is 1.73. The van der Waals surface area contributed by atoms with Gasteiger partial charge in [-0.1, -0.05) is 12.1 Å². The summed E-state index contributed by atoms with van der Waals surface area (Å²) in [5.41, 5.74) is 4.66. The second kappa shape index (κ2) is 8.31. The number of nitrogens with zero attached hydrogens (tertiary/aromatic N) is 5. The number of H-pyrrole nitrogens is 1. The zero-order chi connectivity index (χ0) is 25.5. The quantitative estimate of drug-likeness (QED) is 0.152. The van der Waals surface area contributed by atoms with E-state index in [-0.39, 0.29) is 41.7 Å². The highest BCUT2D eigenvalue weighted by Crippen LogP contribution is 2.57. The first-order valence-electron chi connectivity index (χ1n) is 12.8. The molecule has 190 valence electrons. The average molecular weight is 614 g/mol. The van der Waals surface area contributed by atoms with Gasteiger partial charge in [0, 0.05) is 11.3 Å². The van der Waals surface area contributed by atoms with Crippen LogP contribution in [0.25, 0.3) is 16.7 Å². The Morgan fingerprint density at radius 3 is 2.70 bits per heavy atom. The first-order chi connectivity index (χ1) is 17.9. The third-order valence-electron chi connectivity index (χ3n) is 7.99. The van der Waals surface area contributed by atoms with E-state index in [1.165, 1.54) is 16.9 Å². The molecule has 0 spiro atoms. The van der Waals surface area contributed by atoms with Crippen LogP contribution in [-0.4, -0.2) is 30.9 Å². The molecule has 3 atom stereocenters. The summed E-state index contributed by atoms with van der Waals surface area (Å²) in [6.45, 7) is 1.75. The van der Waals surface area contributed by atoms with Gasteiger partial charge in [0.2, 0.25) is 9.58 Å². The van der Waals surface area contributed by atoms with Crippen molar-refractivity contribution in [1.82, 2.24) is 25.0 Å². The highest BCUT2D eigenvalue weighted by atomic mass is 127. The SMILES string of the molecule is CCC(F)(I)c1cn(-c2cc(F)c([C@H]3[C@@H](C4CC4)C(=O)N3c3ccc4nc[nH]c4c3)c(C3CC3)c2)nn1. The van der Waals surface area contributed by atoms with E-state index in [0.717, 1.165) is 48.0 Å². The molecule has 1 amide bonds. The molecule has 7 rings (SSSR count). The normalized spacial score (nSPS) is 23.4. The molecule has 3 fully saturated rings. The van der Waals surface area contributed by atoms with Crippen LogP contribution in [-0.2, 0) is 8.47 Å². The van der Waals surface area contributed by atoms with Crippen molar-refractivity contribution in [3.8, 4) is 5.69 Å². The molecule has 0 radical (unpaired) electrons. The maximum Gasteiger partial charge on any atom is 0.233 e. The Labute approximate surface area is 225 Å². The van der Waals surface area contributed by atoms with Gasteiger partial charge < -0.3 is 9.88 Å². The Kier molecular flexibility index (Phi) is 5.22. The molecule has 37 heavy (non-hydrogen) atoms. The molecule has 3 heterocycles. The summed E-state index contributed by atoms with van der Waals surface area (Å²) in [5, 5.41) is 8.12. The number of hydrogen-bond donors (Lipinski definition) is 1. The molecule has 2 saturated carbocycles. The first-order valence-corrected chi connectivity index (χ1v) is 13.8. The van der Waals surface area contributed by atoms with Gasteiger partial charge in [0.05, 0.1) is 41.2 Å². The second-order valence-electron chi connectivity index (χ2n) is 10.4. The van der Waals surface area contributed by atoms with Crippen molar-refractivity contribution in [2.24, 2.45) is 11.8 Å². The summed E-state index contributed by atoms with van der Waals surface area (Å²) < 4.78 is 30.8. The van der Waals surface area contributed by atoms with E-state index in [0.29, 0.717) is 17.2 Å². The van der Waals surface area contributed by atoms with Crippen molar-refractivity contribution in [2.45, 2.75) is 54.7 Å². The van der Waals surface area contributed by atoms with Crippen molar-refractivity contribution >= 4 is 45.2 Å². The van der Waals surface area contributed by atoms with Crippen LogP contribution >= 0.6 is 22.6 Å². The van der Waals surface area contributed by atoms with Crippen LogP contribution in [0.15, 0.2) is 42.9 Å². The van der Waals surface area contributed by atoms with Crippen molar-refractivity contribution < 1.29 is 13.6 Å². The predicted molar refractivity (Wildman–Crippen MR) is 143 cm³/mol. The van der Waals surface area contributed by atoms with Crippen LogP contribution in [0.2, 0.25) is 0 Å². The summed E-state index contributed by atoms with van der Waals surface area (Å²) in [6.07, 6.45) is 7.37. The number of aromatic amines is 1. The zero-order valence-corrected chi connectivity index (χ0v) is 22.3. The van der Waals surface area contributed by atoms with E-state index in [4.69, 9.17) is 0 Å². The molecule has 2 aromatic carbocycles. The fourth-order valence-corrected chi connectivity index (χ4v) is 5.88. The Morgan fingerprint density at radius 1 is 1.16 bits per heavy atom. The smallest absolute Gasteiger partial charge is 0.233 e. The Bertz CT molecular complexity index is 1540. The van der Waals surface area contributed by atoms with Crippen LogP contribution in [0.3, 0.4) is 0 Å². The van der Waals surface area contributed by atoms with Crippen LogP contribution < -0.4 is 4.90 Å². The third-order valence-corrected chi connectivity index (χ3v) is 9.30.